The summed E-state index contributed by atoms with van der Waals surface area (Å²) in [5, 5.41) is 2.87. The monoisotopic (exact) mass is 549 g/mol. The molecule has 2 rings (SSSR count). The number of halogens is 5. The number of benzene rings is 1. The van der Waals surface area contributed by atoms with Gasteiger partial charge in [-0.2, -0.15) is 13.2 Å². The zero-order valence-electron chi connectivity index (χ0n) is 14.7. The Kier molecular flexibility index (Phi) is 7.93. The highest BCUT2D eigenvalue weighted by atomic mass is 79.9. The van der Waals surface area contributed by atoms with E-state index in [1.165, 1.54) is 0 Å². The highest BCUT2D eigenvalue weighted by molar-refractivity contribution is 9.10. The molecule has 1 saturated heterocycles. The number of carbonyl (C=O) groups excluding carboxylic acids is 1. The van der Waals surface area contributed by atoms with Crippen LogP contribution in [0.5, 0.6) is 0 Å². The quantitative estimate of drug-likeness (QED) is 0.404. The molecule has 12 heteroatoms. The van der Waals surface area contributed by atoms with E-state index in [1.54, 1.807) is 29.2 Å². The van der Waals surface area contributed by atoms with Gasteiger partial charge in [0.1, 0.15) is 0 Å². The maximum absolute atomic E-state index is 12.2. The summed E-state index contributed by atoms with van der Waals surface area (Å²) in [6, 6.07) is 8.78. The van der Waals surface area contributed by atoms with Gasteiger partial charge in [0.15, 0.2) is 0 Å². The fraction of sp³-hybridized carbons (Fsp3) is 0.562. The van der Waals surface area contributed by atoms with Gasteiger partial charge >= 0.3 is 6.30 Å². The summed E-state index contributed by atoms with van der Waals surface area (Å²) in [4.78, 5) is 13.7. The number of hydrogen-bond acceptors (Lipinski definition) is 4. The van der Waals surface area contributed by atoms with Crippen molar-refractivity contribution in [2.24, 2.45) is 0 Å². The fourth-order valence-corrected chi connectivity index (χ4v) is 5.84. The van der Waals surface area contributed by atoms with Crippen LogP contribution in [0.2, 0.25) is 0 Å². The van der Waals surface area contributed by atoms with Crippen molar-refractivity contribution in [3.8, 4) is 0 Å². The van der Waals surface area contributed by atoms with E-state index in [-0.39, 0.29) is 17.4 Å². The molecule has 158 valence electrons. The molecule has 0 aliphatic carbocycles. The fourth-order valence-electron chi connectivity index (χ4n) is 2.82. The maximum atomic E-state index is 12.2. The van der Waals surface area contributed by atoms with Crippen LogP contribution in [0.1, 0.15) is 23.2 Å². The molecule has 1 aromatic rings. The molecule has 1 heterocycles. The van der Waals surface area contributed by atoms with E-state index in [0.29, 0.717) is 36.2 Å². The third kappa shape index (κ3) is 7.62. The van der Waals surface area contributed by atoms with Crippen LogP contribution in [-0.4, -0.2) is 60.2 Å². The molecule has 6 nitrogen and oxygen atoms in total. The Morgan fingerprint density at radius 1 is 1.29 bits per heavy atom. The van der Waals surface area contributed by atoms with Crippen LogP contribution in [-0.2, 0) is 10.0 Å². The summed E-state index contributed by atoms with van der Waals surface area (Å²) in [6.45, 7) is 0.787. The van der Waals surface area contributed by atoms with E-state index in [1.807, 2.05) is 6.07 Å². The van der Waals surface area contributed by atoms with Gasteiger partial charge in [-0.05, 0) is 25.0 Å². The lowest BCUT2D eigenvalue weighted by Gasteiger charge is -2.41. The van der Waals surface area contributed by atoms with Crippen LogP contribution in [0.25, 0.3) is 0 Å². The number of nitrogens with one attached hydrogen (secondary N) is 2. The van der Waals surface area contributed by atoms with Crippen LogP contribution in [0.3, 0.4) is 0 Å². The normalized spacial score (nSPS) is 24.1. The Balaban J connectivity index is 1.84. The predicted octanol–water partition coefficient (Wildman–Crippen LogP) is 2.81. The van der Waals surface area contributed by atoms with Gasteiger partial charge in [-0.25, -0.2) is 8.42 Å². The van der Waals surface area contributed by atoms with E-state index in [9.17, 15) is 26.4 Å². The number of hydrogen-bond donors (Lipinski definition) is 2. The third-order valence-electron chi connectivity index (χ3n) is 4.30. The number of amides is 1. The van der Waals surface area contributed by atoms with Gasteiger partial charge in [0.05, 0.1) is 10.7 Å². The van der Waals surface area contributed by atoms with E-state index in [4.69, 9.17) is 0 Å². The second-order valence-electron chi connectivity index (χ2n) is 6.54. The van der Waals surface area contributed by atoms with Crippen molar-refractivity contribution in [1.82, 2.24) is 14.9 Å². The number of alkyl halides is 5. The van der Waals surface area contributed by atoms with E-state index < -0.39 is 26.4 Å². The van der Waals surface area contributed by atoms with Crippen molar-refractivity contribution in [1.29, 1.82) is 0 Å². The lowest BCUT2D eigenvalue weighted by atomic mass is 9.96. The smallest absolute Gasteiger partial charge is 0.351 e. The van der Waals surface area contributed by atoms with Crippen LogP contribution in [0.4, 0.5) is 13.2 Å². The maximum Gasteiger partial charge on any atom is 0.470 e. The summed E-state index contributed by atoms with van der Waals surface area (Å²) in [6.07, 6.45) is -3.84. The van der Waals surface area contributed by atoms with Gasteiger partial charge in [-0.3, -0.25) is 9.69 Å². The molecule has 1 amide bonds. The summed E-state index contributed by atoms with van der Waals surface area (Å²) >= 11 is 7.10. The first-order valence-electron chi connectivity index (χ1n) is 8.38. The molecule has 28 heavy (non-hydrogen) atoms. The van der Waals surface area contributed by atoms with Gasteiger partial charge in [0, 0.05) is 29.5 Å². The molecule has 1 fully saturated rings. The molecule has 0 bridgehead atoms. The molecular weight excluding hydrogens is 531 g/mol. The summed E-state index contributed by atoms with van der Waals surface area (Å²) < 4.78 is 59.9. The van der Waals surface area contributed by atoms with Gasteiger partial charge in [0.25, 0.3) is 5.91 Å². The van der Waals surface area contributed by atoms with Crippen molar-refractivity contribution < 1.29 is 26.4 Å². The SMILES string of the molecule is O=C(NCC1(Br)CCN(CCS(=O)(=O)NC(F)(F)F)C(Br)C1)c1ccccc1. The molecule has 1 aromatic carbocycles. The molecule has 0 aromatic heterocycles. The summed E-state index contributed by atoms with van der Waals surface area (Å²) in [5.74, 6) is -0.855. The van der Waals surface area contributed by atoms with Crippen LogP contribution >= 0.6 is 31.9 Å². The Bertz CT molecular complexity index is 780. The number of piperidine rings is 1. The van der Waals surface area contributed by atoms with Gasteiger partial charge < -0.3 is 5.32 Å². The lowest BCUT2D eigenvalue weighted by molar-refractivity contribution is -0.138. The molecule has 2 atom stereocenters. The van der Waals surface area contributed by atoms with Gasteiger partial charge in [-0.15, -0.1) is 4.72 Å². The largest absolute Gasteiger partial charge is 0.470 e. The number of nitrogens with zero attached hydrogens (tertiary/aromatic N) is 1. The Morgan fingerprint density at radius 3 is 2.50 bits per heavy atom. The minimum Gasteiger partial charge on any atom is -0.351 e. The molecule has 0 spiro atoms. The Morgan fingerprint density at radius 2 is 1.93 bits per heavy atom. The zero-order valence-corrected chi connectivity index (χ0v) is 18.7. The summed E-state index contributed by atoms with van der Waals surface area (Å²) in [5.41, 5.74) is 0.550. The average Bonchev–Trinajstić information content (AvgIpc) is 2.58. The Hall–Kier alpha value is -0.690. The van der Waals surface area contributed by atoms with E-state index in [2.05, 4.69) is 37.2 Å². The number of likely N-dealkylation sites (tertiary alicyclic amines) is 1. The average molecular weight is 551 g/mol. The number of carbonyl (C=O) groups is 1. The zero-order chi connectivity index (χ0) is 21.0. The van der Waals surface area contributed by atoms with Crippen LogP contribution in [0.15, 0.2) is 30.3 Å². The molecular formula is C16H20Br2F3N3O3S. The van der Waals surface area contributed by atoms with Crippen molar-refractivity contribution >= 4 is 47.8 Å². The van der Waals surface area contributed by atoms with E-state index in [0.717, 1.165) is 0 Å². The minimum atomic E-state index is -4.98. The van der Waals surface area contributed by atoms with Crippen LogP contribution in [0, 0.1) is 0 Å². The second-order valence-corrected chi connectivity index (χ2v) is 11.1. The van der Waals surface area contributed by atoms with Crippen LogP contribution < -0.4 is 10.0 Å². The highest BCUT2D eigenvalue weighted by Gasteiger charge is 2.38. The number of rotatable bonds is 7. The molecule has 1 aliphatic heterocycles. The first-order valence-corrected chi connectivity index (χ1v) is 11.7. The molecule has 2 N–H and O–H groups in total. The Labute approximate surface area is 178 Å². The van der Waals surface area contributed by atoms with Gasteiger partial charge in [-0.1, -0.05) is 50.1 Å². The first kappa shape index (κ1) is 23.6. The first-order chi connectivity index (χ1) is 12.9. The molecule has 0 radical (unpaired) electrons. The third-order valence-corrected chi connectivity index (χ3v) is 7.46. The van der Waals surface area contributed by atoms with Crippen molar-refractivity contribution in [2.75, 3.05) is 25.4 Å². The highest BCUT2D eigenvalue weighted by Crippen LogP contribution is 2.36. The standard InChI is InChI=1S/C16H20Br2F3N3O3S/c17-13-10-15(18,11-22-14(25)12-4-2-1-3-5-12)6-7-24(13)8-9-28(26,27)23-16(19,20)21/h1-5,13,23H,6-11H2,(H,22,25). The van der Waals surface area contributed by atoms with E-state index >= 15 is 0 Å². The van der Waals surface area contributed by atoms with Crippen molar-refractivity contribution in [3.63, 3.8) is 0 Å². The topological polar surface area (TPSA) is 78.5 Å². The van der Waals surface area contributed by atoms with Crippen molar-refractivity contribution in [3.05, 3.63) is 35.9 Å². The van der Waals surface area contributed by atoms with Crippen molar-refractivity contribution in [2.45, 2.75) is 28.4 Å². The predicted molar refractivity (Wildman–Crippen MR) is 107 cm³/mol. The molecule has 0 saturated carbocycles. The summed E-state index contributed by atoms with van der Waals surface area (Å²) in [7, 11) is -4.45. The second kappa shape index (κ2) is 9.41. The number of sulfonamides is 1. The van der Waals surface area contributed by atoms with Gasteiger partial charge in [0.2, 0.25) is 10.0 Å². The molecule has 2 unspecified atom stereocenters. The minimum absolute atomic E-state index is 0.0409. The molecule has 1 aliphatic rings. The lowest BCUT2D eigenvalue weighted by Crippen LogP contribution is -2.51.